The van der Waals surface area contributed by atoms with Crippen molar-refractivity contribution in [2.75, 3.05) is 0 Å². The van der Waals surface area contributed by atoms with Crippen molar-refractivity contribution in [3.05, 3.63) is 87.9 Å². The Bertz CT molecular complexity index is 936. The lowest BCUT2D eigenvalue weighted by molar-refractivity contribution is -0.141. The van der Waals surface area contributed by atoms with Crippen LogP contribution in [0.5, 0.6) is 5.75 Å². The lowest BCUT2D eigenvalue weighted by Crippen LogP contribution is -2.10. The summed E-state index contributed by atoms with van der Waals surface area (Å²) in [6.07, 6.45) is 13.6. The molecule has 1 aliphatic rings. The van der Waals surface area contributed by atoms with Crippen LogP contribution in [0.15, 0.2) is 66.8 Å². The molecule has 0 spiro atoms. The molecule has 35 heavy (non-hydrogen) atoms. The number of thiophene rings is 1. The van der Waals surface area contributed by atoms with Crippen LogP contribution in [0.25, 0.3) is 0 Å². The van der Waals surface area contributed by atoms with Crippen LogP contribution in [0, 0.1) is 11.0 Å². The van der Waals surface area contributed by atoms with Crippen molar-refractivity contribution < 1.29 is 23.4 Å². The van der Waals surface area contributed by atoms with E-state index in [2.05, 4.69) is 19.1 Å². The number of hydrogen-bond donors (Lipinski definition) is 1. The average molecular weight is 505 g/mol. The number of carboxylic acids is 1. The van der Waals surface area contributed by atoms with E-state index in [1.54, 1.807) is 0 Å². The molecule has 0 bridgehead atoms. The summed E-state index contributed by atoms with van der Waals surface area (Å²) in [4.78, 5) is 11.1. The van der Waals surface area contributed by atoms with Gasteiger partial charge in [0, 0.05) is 16.4 Å². The van der Waals surface area contributed by atoms with Crippen LogP contribution in [0.2, 0.25) is 0 Å². The number of carbonyl (C=O) groups is 1. The predicted octanol–water partition coefficient (Wildman–Crippen LogP) is 8.67. The van der Waals surface area contributed by atoms with Gasteiger partial charge in [-0.2, -0.15) is 4.39 Å². The van der Waals surface area contributed by atoms with Crippen molar-refractivity contribution in [1.29, 1.82) is 0 Å². The number of benzene rings is 1. The van der Waals surface area contributed by atoms with E-state index in [0.29, 0.717) is 12.2 Å². The minimum absolute atomic E-state index is 0.0150. The Hall–Kier alpha value is -2.73. The molecule has 192 valence electrons. The van der Waals surface area contributed by atoms with Crippen LogP contribution >= 0.6 is 11.3 Å². The first-order valence-electron chi connectivity index (χ1n) is 12.1. The van der Waals surface area contributed by atoms with Gasteiger partial charge in [-0.25, -0.2) is 4.39 Å². The summed E-state index contributed by atoms with van der Waals surface area (Å²) in [5.41, 5.74) is 1.99. The summed E-state index contributed by atoms with van der Waals surface area (Å²) in [5.74, 6) is -0.000135. The Morgan fingerprint density at radius 2 is 1.57 bits per heavy atom. The number of allylic oxidation sites excluding steroid dienone is 6. The van der Waals surface area contributed by atoms with Gasteiger partial charge in [-0.3, -0.25) is 4.79 Å². The number of alkyl halides is 1. The van der Waals surface area contributed by atoms with Crippen molar-refractivity contribution in [1.82, 2.24) is 0 Å². The molecule has 1 heterocycles. The Morgan fingerprint density at radius 1 is 1.03 bits per heavy atom. The fraction of sp³-hybridized carbons (Fsp3) is 0.414. The van der Waals surface area contributed by atoms with Crippen molar-refractivity contribution in [3.8, 4) is 5.75 Å². The van der Waals surface area contributed by atoms with E-state index in [-0.39, 0.29) is 17.0 Å². The molecule has 3 nitrogen and oxygen atoms in total. The fourth-order valence-corrected chi connectivity index (χ4v) is 3.96. The van der Waals surface area contributed by atoms with E-state index in [1.807, 2.05) is 68.5 Å². The Balaban J connectivity index is 0.000000427. The summed E-state index contributed by atoms with van der Waals surface area (Å²) in [5, 5.41) is 8.24. The molecule has 0 unspecified atom stereocenters. The molecule has 0 saturated heterocycles. The number of carboxylic acid groups (broad SMARTS) is 1. The Labute approximate surface area is 212 Å². The maximum absolute atomic E-state index is 14.2. The normalized spacial score (nSPS) is 12.6. The first kappa shape index (κ1) is 30.3. The Kier molecular flexibility index (Phi) is 14.6. The van der Waals surface area contributed by atoms with Crippen LogP contribution in [-0.4, -0.2) is 17.2 Å². The molecule has 2 aromatic rings. The molecule has 0 saturated carbocycles. The van der Waals surface area contributed by atoms with Gasteiger partial charge in [-0.05, 0) is 56.9 Å². The summed E-state index contributed by atoms with van der Waals surface area (Å²) in [6.45, 7) is 9.30. The van der Waals surface area contributed by atoms with Gasteiger partial charge in [0.1, 0.15) is 12.4 Å². The van der Waals surface area contributed by atoms with Crippen LogP contribution < -0.4 is 4.74 Å². The van der Waals surface area contributed by atoms with Crippen LogP contribution in [0.3, 0.4) is 0 Å². The molecule has 0 fully saturated rings. The summed E-state index contributed by atoms with van der Waals surface area (Å²) >= 11 is 1.16. The van der Waals surface area contributed by atoms with Gasteiger partial charge >= 0.3 is 5.97 Å². The quantitative estimate of drug-likeness (QED) is 0.391. The van der Waals surface area contributed by atoms with Gasteiger partial charge in [0.2, 0.25) is 0 Å². The molecular weight excluding hydrogens is 466 g/mol. The van der Waals surface area contributed by atoms with Crippen molar-refractivity contribution >= 4 is 17.3 Å². The zero-order valence-corrected chi connectivity index (χ0v) is 22.2. The number of ether oxygens (including phenoxy) is 1. The minimum Gasteiger partial charge on any atom is -0.488 e. The van der Waals surface area contributed by atoms with Gasteiger partial charge in [0.25, 0.3) is 0 Å². The summed E-state index contributed by atoms with van der Waals surface area (Å²) < 4.78 is 31.0. The summed E-state index contributed by atoms with van der Waals surface area (Å²) in [6, 6.07) is 9.96. The number of halogens is 2. The highest BCUT2D eigenvalue weighted by molar-refractivity contribution is 7.10. The minimum atomic E-state index is -0.671. The molecule has 1 aliphatic carbocycles. The molecule has 0 radical (unpaired) electrons. The Morgan fingerprint density at radius 3 is 2.00 bits per heavy atom. The molecule has 0 aliphatic heterocycles. The van der Waals surface area contributed by atoms with E-state index in [4.69, 9.17) is 9.84 Å². The first-order chi connectivity index (χ1) is 16.7. The number of hydrogen-bond acceptors (Lipinski definition) is 3. The zero-order chi connectivity index (χ0) is 26.2. The topological polar surface area (TPSA) is 46.5 Å². The van der Waals surface area contributed by atoms with Crippen molar-refractivity contribution in [2.45, 2.75) is 72.6 Å². The smallest absolute Gasteiger partial charge is 0.306 e. The van der Waals surface area contributed by atoms with Crippen LogP contribution in [0.4, 0.5) is 8.78 Å². The van der Waals surface area contributed by atoms with E-state index in [1.165, 1.54) is 19.4 Å². The van der Waals surface area contributed by atoms with E-state index in [0.717, 1.165) is 41.2 Å². The zero-order valence-electron chi connectivity index (χ0n) is 21.3. The van der Waals surface area contributed by atoms with Gasteiger partial charge in [0.05, 0.1) is 12.1 Å². The van der Waals surface area contributed by atoms with Gasteiger partial charge in [-0.1, -0.05) is 69.4 Å². The molecule has 1 aromatic carbocycles. The maximum atomic E-state index is 14.2. The van der Waals surface area contributed by atoms with Gasteiger partial charge in [-0.15, -0.1) is 11.3 Å². The molecule has 0 amide bonds. The van der Waals surface area contributed by atoms with Crippen LogP contribution in [0.1, 0.15) is 69.4 Å². The van der Waals surface area contributed by atoms with Gasteiger partial charge < -0.3 is 9.84 Å². The number of aryl methyl sites for hydroxylation is 1. The predicted molar refractivity (Wildman–Crippen MR) is 143 cm³/mol. The van der Waals surface area contributed by atoms with Crippen molar-refractivity contribution in [3.63, 3.8) is 0 Å². The van der Waals surface area contributed by atoms with Crippen molar-refractivity contribution in [2.24, 2.45) is 5.92 Å². The molecule has 0 atom stereocenters. The summed E-state index contributed by atoms with van der Waals surface area (Å²) in [7, 11) is 0. The first-order valence-corrected chi connectivity index (χ1v) is 12.9. The number of rotatable bonds is 8. The lowest BCUT2D eigenvalue weighted by Gasteiger charge is -2.05. The maximum Gasteiger partial charge on any atom is 0.306 e. The monoisotopic (exact) mass is 504 g/mol. The molecule has 1 aromatic heterocycles. The third-order valence-corrected chi connectivity index (χ3v) is 6.05. The SMILES string of the molecule is CC(C)F.CCC(CC)C(=O)O.CCc1ccc(OCc2cc(C3C=CC=CC=C3)c(F)s2)cc1. The number of aliphatic carboxylic acids is 1. The highest BCUT2D eigenvalue weighted by Gasteiger charge is 2.15. The third kappa shape index (κ3) is 12.0. The second-order valence-electron chi connectivity index (χ2n) is 8.27. The standard InChI is InChI=1S/C20H19FOS.C6H12O2.C3H7F/c1-2-15-9-11-17(12-10-15)22-14-18-13-19(20(21)23-18)16-7-5-3-4-6-8-16;1-3-5(4-2)6(7)8;1-3(2)4/h3-13,16H,2,14H2,1H3;5H,3-4H2,1-2H3,(H,7,8);3H,1-2H3. The second kappa shape index (κ2) is 16.8. The molecule has 6 heteroatoms. The largest absolute Gasteiger partial charge is 0.488 e. The average Bonchev–Trinajstić information content (AvgIpc) is 3.00. The fourth-order valence-electron chi connectivity index (χ4n) is 3.11. The molecule has 3 rings (SSSR count). The van der Waals surface area contributed by atoms with E-state index < -0.39 is 12.1 Å². The highest BCUT2D eigenvalue weighted by atomic mass is 32.1. The lowest BCUT2D eigenvalue weighted by atomic mass is 10.0. The molecular formula is C29H38F2O3S. The second-order valence-corrected chi connectivity index (χ2v) is 9.36. The van der Waals surface area contributed by atoms with Gasteiger partial charge in [0.15, 0.2) is 5.13 Å². The van der Waals surface area contributed by atoms with E-state index >= 15 is 0 Å². The third-order valence-electron chi connectivity index (χ3n) is 5.14. The molecule has 1 N–H and O–H groups in total. The highest BCUT2D eigenvalue weighted by Crippen LogP contribution is 2.30. The van der Waals surface area contributed by atoms with Crippen LogP contribution in [-0.2, 0) is 17.8 Å². The van der Waals surface area contributed by atoms with E-state index in [9.17, 15) is 13.6 Å².